The monoisotopic (exact) mass is 301 g/mol. The molecule has 0 saturated carbocycles. The molecule has 0 N–H and O–H groups in total. The van der Waals surface area contributed by atoms with Gasteiger partial charge in [0, 0.05) is 6.54 Å². The lowest BCUT2D eigenvalue weighted by atomic mass is 10.1. The van der Waals surface area contributed by atoms with Gasteiger partial charge in [-0.05, 0) is 23.6 Å². The lowest BCUT2D eigenvalue weighted by molar-refractivity contribution is -0.0121. The van der Waals surface area contributed by atoms with Gasteiger partial charge in [0.1, 0.15) is 12.6 Å². The molecule has 6 heteroatoms. The molecule has 0 fully saturated rings. The van der Waals surface area contributed by atoms with Crippen LogP contribution in [0.3, 0.4) is 0 Å². The number of hydrogen-bond donors (Lipinski definition) is 0. The van der Waals surface area contributed by atoms with E-state index in [0.29, 0.717) is 0 Å². The van der Waals surface area contributed by atoms with Gasteiger partial charge in [0.2, 0.25) is 0 Å². The van der Waals surface area contributed by atoms with Gasteiger partial charge in [-0.3, -0.25) is 4.90 Å². The number of halogens is 3. The van der Waals surface area contributed by atoms with Crippen molar-refractivity contribution in [2.24, 2.45) is 0 Å². The summed E-state index contributed by atoms with van der Waals surface area (Å²) in [6, 6.07) is 7.65. The minimum absolute atomic E-state index is 0.0109. The normalized spacial score (nSPS) is 18.9. The molecule has 1 aromatic rings. The summed E-state index contributed by atoms with van der Waals surface area (Å²) in [5.41, 5.74) is 0.794. The Hall–Kier alpha value is -1.62. The zero-order chi connectivity index (χ0) is 14.6. The topological polar surface area (TPSA) is 29.5 Å². The van der Waals surface area contributed by atoms with Gasteiger partial charge >= 0.3 is 11.5 Å². The molecule has 0 aromatic heterocycles. The van der Waals surface area contributed by atoms with Gasteiger partial charge < -0.3 is 4.74 Å². The molecule has 1 atom stereocenters. The van der Waals surface area contributed by atoms with Crippen molar-refractivity contribution in [2.75, 3.05) is 6.54 Å². The lowest BCUT2D eigenvalue weighted by Gasteiger charge is -2.34. The molecule has 108 valence electrons. The molecular formula is C14H14ClF2NO2. The van der Waals surface area contributed by atoms with Crippen molar-refractivity contribution in [1.29, 1.82) is 0 Å². The van der Waals surface area contributed by atoms with Crippen LogP contribution in [-0.2, 0) is 11.3 Å². The molecule has 1 amide bonds. The van der Waals surface area contributed by atoms with Crippen LogP contribution in [-0.4, -0.2) is 29.0 Å². The zero-order valence-corrected chi connectivity index (χ0v) is 11.4. The van der Waals surface area contributed by atoms with Gasteiger partial charge in [0.25, 0.3) is 0 Å². The van der Waals surface area contributed by atoms with Crippen molar-refractivity contribution >= 4 is 17.7 Å². The van der Waals surface area contributed by atoms with Crippen molar-refractivity contribution in [3.63, 3.8) is 0 Å². The Balaban J connectivity index is 1.98. The highest BCUT2D eigenvalue weighted by Crippen LogP contribution is 2.32. The highest BCUT2D eigenvalue weighted by Gasteiger charge is 2.43. The van der Waals surface area contributed by atoms with E-state index >= 15 is 0 Å². The second-order valence-corrected chi connectivity index (χ2v) is 4.96. The third-order valence-corrected chi connectivity index (χ3v) is 3.27. The Bertz CT molecular complexity index is 488. The Kier molecular flexibility index (Phi) is 4.60. The quantitative estimate of drug-likeness (QED) is 0.628. The van der Waals surface area contributed by atoms with Crippen LogP contribution in [0.15, 0.2) is 42.5 Å². The van der Waals surface area contributed by atoms with Crippen LogP contribution >= 0.6 is 11.6 Å². The van der Waals surface area contributed by atoms with E-state index in [4.69, 9.17) is 16.3 Å². The molecular weight excluding hydrogens is 288 g/mol. The van der Waals surface area contributed by atoms with Gasteiger partial charge in [-0.2, -0.15) is 8.78 Å². The van der Waals surface area contributed by atoms with Gasteiger partial charge in [-0.1, -0.05) is 42.5 Å². The molecule has 0 aliphatic carbocycles. The van der Waals surface area contributed by atoms with E-state index in [0.717, 1.165) is 10.5 Å². The van der Waals surface area contributed by atoms with Crippen molar-refractivity contribution in [3.05, 3.63) is 48.0 Å². The van der Waals surface area contributed by atoms with Crippen LogP contribution in [0.4, 0.5) is 13.6 Å². The molecule has 1 aliphatic heterocycles. The maximum atomic E-state index is 13.3. The minimum atomic E-state index is -3.48. The number of benzene rings is 1. The second-order valence-electron chi connectivity index (χ2n) is 4.46. The first-order chi connectivity index (χ1) is 9.48. The van der Waals surface area contributed by atoms with E-state index in [-0.39, 0.29) is 19.6 Å². The van der Waals surface area contributed by atoms with Crippen LogP contribution in [0, 0.1) is 0 Å². The molecule has 20 heavy (non-hydrogen) atoms. The molecule has 2 rings (SSSR count). The SMILES string of the molecule is O=C(OCc1ccccc1)N1CC=CCC1C(F)(F)Cl. The minimum Gasteiger partial charge on any atom is -0.445 e. The second kappa shape index (κ2) is 6.22. The Morgan fingerprint density at radius 3 is 2.70 bits per heavy atom. The molecule has 0 saturated heterocycles. The summed E-state index contributed by atoms with van der Waals surface area (Å²) in [5.74, 6) is 0. The largest absolute Gasteiger partial charge is 0.445 e. The molecule has 1 aliphatic rings. The molecule has 1 heterocycles. The first-order valence-corrected chi connectivity index (χ1v) is 6.55. The van der Waals surface area contributed by atoms with Gasteiger partial charge in [0.05, 0.1) is 0 Å². The number of carbonyl (C=O) groups is 1. The van der Waals surface area contributed by atoms with Crippen molar-refractivity contribution in [1.82, 2.24) is 4.90 Å². The molecule has 1 unspecified atom stereocenters. The number of nitrogens with zero attached hydrogens (tertiary/aromatic N) is 1. The average Bonchev–Trinajstić information content (AvgIpc) is 2.45. The van der Waals surface area contributed by atoms with Gasteiger partial charge in [-0.15, -0.1) is 0 Å². The summed E-state index contributed by atoms with van der Waals surface area (Å²) in [4.78, 5) is 12.9. The van der Waals surface area contributed by atoms with Crippen LogP contribution in [0.5, 0.6) is 0 Å². The van der Waals surface area contributed by atoms with E-state index in [2.05, 4.69) is 0 Å². The smallest absolute Gasteiger partial charge is 0.410 e. The number of amides is 1. The van der Waals surface area contributed by atoms with Crippen molar-refractivity contribution in [2.45, 2.75) is 24.5 Å². The number of rotatable bonds is 3. The summed E-state index contributed by atoms with van der Waals surface area (Å²) in [7, 11) is 0. The van der Waals surface area contributed by atoms with Crippen LogP contribution in [0.1, 0.15) is 12.0 Å². The van der Waals surface area contributed by atoms with Crippen LogP contribution in [0.2, 0.25) is 0 Å². The highest BCUT2D eigenvalue weighted by molar-refractivity contribution is 6.22. The van der Waals surface area contributed by atoms with Crippen LogP contribution in [0.25, 0.3) is 0 Å². The third kappa shape index (κ3) is 3.70. The first-order valence-electron chi connectivity index (χ1n) is 6.17. The summed E-state index contributed by atoms with van der Waals surface area (Å²) in [6.45, 7) is 0.112. The third-order valence-electron chi connectivity index (χ3n) is 3.02. The fourth-order valence-corrected chi connectivity index (χ4v) is 2.19. The average molecular weight is 302 g/mol. The molecule has 1 aromatic carbocycles. The van der Waals surface area contributed by atoms with E-state index in [9.17, 15) is 13.6 Å². The lowest BCUT2D eigenvalue weighted by Crippen LogP contribution is -2.49. The summed E-state index contributed by atoms with van der Waals surface area (Å²) >= 11 is 5.05. The van der Waals surface area contributed by atoms with Crippen molar-refractivity contribution in [3.8, 4) is 0 Å². The van der Waals surface area contributed by atoms with Crippen molar-refractivity contribution < 1.29 is 18.3 Å². The van der Waals surface area contributed by atoms with E-state index in [1.807, 2.05) is 18.2 Å². The van der Waals surface area contributed by atoms with Crippen LogP contribution < -0.4 is 0 Å². The summed E-state index contributed by atoms with van der Waals surface area (Å²) in [5, 5.41) is -3.48. The summed E-state index contributed by atoms with van der Waals surface area (Å²) in [6.07, 6.45) is 2.45. The highest BCUT2D eigenvalue weighted by atomic mass is 35.5. The van der Waals surface area contributed by atoms with Gasteiger partial charge in [-0.25, -0.2) is 4.79 Å². The number of ether oxygens (including phenoxy) is 1. The van der Waals surface area contributed by atoms with E-state index < -0.39 is 17.5 Å². The number of hydrogen-bond acceptors (Lipinski definition) is 2. The predicted octanol–water partition coefficient (Wildman–Crippen LogP) is 3.79. The Labute approximate surface area is 120 Å². The van der Waals surface area contributed by atoms with E-state index in [1.54, 1.807) is 24.3 Å². The number of carbonyl (C=O) groups excluding carboxylic acids is 1. The fourth-order valence-electron chi connectivity index (χ4n) is 1.98. The Morgan fingerprint density at radius 1 is 1.35 bits per heavy atom. The van der Waals surface area contributed by atoms with Gasteiger partial charge in [0.15, 0.2) is 0 Å². The first kappa shape index (κ1) is 14.8. The maximum Gasteiger partial charge on any atom is 0.410 e. The molecule has 0 spiro atoms. The zero-order valence-electron chi connectivity index (χ0n) is 10.6. The fraction of sp³-hybridized carbons (Fsp3) is 0.357. The summed E-state index contributed by atoms with van der Waals surface area (Å²) < 4.78 is 31.6. The predicted molar refractivity (Wildman–Crippen MR) is 71.7 cm³/mol. The maximum absolute atomic E-state index is 13.3. The number of alkyl halides is 3. The Morgan fingerprint density at radius 2 is 2.05 bits per heavy atom. The molecule has 0 radical (unpaired) electrons. The van der Waals surface area contributed by atoms with E-state index in [1.165, 1.54) is 0 Å². The molecule has 0 bridgehead atoms. The standard InChI is InChI=1S/C14H14ClF2NO2/c15-14(16,17)12-8-4-5-9-18(12)13(19)20-10-11-6-2-1-3-7-11/h1-7,12H,8-10H2. The molecule has 3 nitrogen and oxygen atoms in total.